The number of aromatic nitrogens is 2. The van der Waals surface area contributed by atoms with Crippen LogP contribution in [-0.2, 0) is 16.0 Å². The predicted molar refractivity (Wildman–Crippen MR) is 69.3 cm³/mol. The van der Waals surface area contributed by atoms with E-state index in [1.54, 1.807) is 0 Å². The van der Waals surface area contributed by atoms with Crippen LogP contribution in [0.25, 0.3) is 0 Å². The number of rotatable bonds is 8. The van der Waals surface area contributed by atoms with Gasteiger partial charge < -0.3 is 21.5 Å². The van der Waals surface area contributed by atoms with E-state index in [1.807, 2.05) is 6.92 Å². The largest absolute Gasteiger partial charge is 0.395 e. The zero-order valence-electron chi connectivity index (χ0n) is 10.9. The average molecular weight is 269 g/mol. The SMILES string of the molecule is CCCc1[nH]nc(C(=O)NCCOCC(N)=O)c1N. The summed E-state index contributed by atoms with van der Waals surface area (Å²) in [5, 5.41) is 9.22. The molecule has 0 saturated heterocycles. The van der Waals surface area contributed by atoms with Crippen molar-refractivity contribution in [3.63, 3.8) is 0 Å². The molecule has 6 N–H and O–H groups in total. The van der Waals surface area contributed by atoms with Gasteiger partial charge in [-0.1, -0.05) is 13.3 Å². The molecule has 0 radical (unpaired) electrons. The van der Waals surface area contributed by atoms with E-state index >= 15 is 0 Å². The summed E-state index contributed by atoms with van der Waals surface area (Å²) in [7, 11) is 0. The Bertz CT molecular complexity index is 444. The monoisotopic (exact) mass is 269 g/mol. The number of hydrogen-bond donors (Lipinski definition) is 4. The molecule has 1 aromatic heterocycles. The summed E-state index contributed by atoms with van der Waals surface area (Å²) in [6, 6.07) is 0. The van der Waals surface area contributed by atoms with E-state index in [-0.39, 0.29) is 31.4 Å². The molecule has 0 atom stereocenters. The van der Waals surface area contributed by atoms with Crippen LogP contribution in [0.2, 0.25) is 0 Å². The fourth-order valence-electron chi connectivity index (χ4n) is 1.49. The number of nitrogens with one attached hydrogen (secondary N) is 2. The number of nitrogen functional groups attached to an aromatic ring is 1. The molecule has 0 aliphatic heterocycles. The minimum atomic E-state index is -0.549. The molecule has 8 nitrogen and oxygen atoms in total. The van der Waals surface area contributed by atoms with Gasteiger partial charge in [0, 0.05) is 6.54 Å². The summed E-state index contributed by atoms with van der Waals surface area (Å²) < 4.78 is 4.91. The van der Waals surface area contributed by atoms with Crippen LogP contribution in [0, 0.1) is 0 Å². The Morgan fingerprint density at radius 1 is 1.47 bits per heavy atom. The predicted octanol–water partition coefficient (Wildman–Crippen LogP) is -0.824. The first-order chi connectivity index (χ1) is 9.06. The van der Waals surface area contributed by atoms with E-state index < -0.39 is 5.91 Å². The number of primary amides is 1. The Labute approximate surface area is 110 Å². The van der Waals surface area contributed by atoms with Crippen molar-refractivity contribution < 1.29 is 14.3 Å². The summed E-state index contributed by atoms with van der Waals surface area (Å²) in [6.07, 6.45) is 1.66. The lowest BCUT2D eigenvalue weighted by atomic mass is 10.2. The quantitative estimate of drug-likeness (QED) is 0.457. The molecule has 19 heavy (non-hydrogen) atoms. The lowest BCUT2D eigenvalue weighted by Gasteiger charge is -2.04. The van der Waals surface area contributed by atoms with E-state index in [4.69, 9.17) is 16.2 Å². The highest BCUT2D eigenvalue weighted by Crippen LogP contribution is 2.15. The summed E-state index contributed by atoms with van der Waals surface area (Å²) in [4.78, 5) is 22.2. The Balaban J connectivity index is 2.39. The fourth-order valence-corrected chi connectivity index (χ4v) is 1.49. The van der Waals surface area contributed by atoms with E-state index in [1.165, 1.54) is 0 Å². The second kappa shape index (κ2) is 7.37. The molecule has 8 heteroatoms. The number of H-pyrrole nitrogens is 1. The maximum Gasteiger partial charge on any atom is 0.274 e. The number of amides is 2. The minimum absolute atomic E-state index is 0.166. The molecule has 0 aliphatic rings. The number of aromatic amines is 1. The van der Waals surface area contributed by atoms with Crippen molar-refractivity contribution in [2.24, 2.45) is 5.73 Å². The third kappa shape index (κ3) is 4.59. The van der Waals surface area contributed by atoms with Crippen LogP contribution in [0.5, 0.6) is 0 Å². The fraction of sp³-hybridized carbons (Fsp3) is 0.545. The van der Waals surface area contributed by atoms with Gasteiger partial charge in [0.15, 0.2) is 5.69 Å². The van der Waals surface area contributed by atoms with Crippen molar-refractivity contribution in [3.8, 4) is 0 Å². The van der Waals surface area contributed by atoms with Crippen LogP contribution in [-0.4, -0.2) is 41.8 Å². The molecule has 0 bridgehead atoms. The Hall–Kier alpha value is -2.09. The lowest BCUT2D eigenvalue weighted by Crippen LogP contribution is -2.29. The highest BCUT2D eigenvalue weighted by molar-refractivity contribution is 5.97. The number of aryl methyl sites for hydroxylation is 1. The third-order valence-electron chi connectivity index (χ3n) is 2.37. The summed E-state index contributed by atoms with van der Waals surface area (Å²) in [6.45, 7) is 2.29. The second-order valence-electron chi connectivity index (χ2n) is 3.99. The van der Waals surface area contributed by atoms with Gasteiger partial charge in [0.25, 0.3) is 5.91 Å². The molecule has 1 rings (SSSR count). The number of nitrogens with zero attached hydrogens (tertiary/aromatic N) is 1. The van der Waals surface area contributed by atoms with Gasteiger partial charge in [-0.15, -0.1) is 0 Å². The normalized spacial score (nSPS) is 10.4. The zero-order chi connectivity index (χ0) is 14.3. The molecule has 1 heterocycles. The third-order valence-corrected chi connectivity index (χ3v) is 2.37. The van der Waals surface area contributed by atoms with Gasteiger partial charge in [0.2, 0.25) is 5.91 Å². The van der Waals surface area contributed by atoms with Crippen LogP contribution >= 0.6 is 0 Å². The van der Waals surface area contributed by atoms with Crippen LogP contribution in [0.3, 0.4) is 0 Å². The molecule has 2 amide bonds. The van der Waals surface area contributed by atoms with Gasteiger partial charge in [0.1, 0.15) is 6.61 Å². The van der Waals surface area contributed by atoms with Crippen molar-refractivity contribution in [2.45, 2.75) is 19.8 Å². The number of anilines is 1. The molecular formula is C11H19N5O3. The maximum absolute atomic E-state index is 11.8. The topological polar surface area (TPSA) is 136 Å². The Kier molecular flexibility index (Phi) is 5.80. The van der Waals surface area contributed by atoms with Crippen molar-refractivity contribution in [2.75, 3.05) is 25.5 Å². The Morgan fingerprint density at radius 3 is 2.84 bits per heavy atom. The highest BCUT2D eigenvalue weighted by atomic mass is 16.5. The first-order valence-electron chi connectivity index (χ1n) is 6.03. The number of carbonyl (C=O) groups excluding carboxylic acids is 2. The van der Waals surface area contributed by atoms with E-state index in [2.05, 4.69) is 15.5 Å². The van der Waals surface area contributed by atoms with Crippen LogP contribution in [0.4, 0.5) is 5.69 Å². The molecular weight excluding hydrogens is 250 g/mol. The van der Waals surface area contributed by atoms with E-state index in [0.29, 0.717) is 5.69 Å². The maximum atomic E-state index is 11.8. The zero-order valence-corrected chi connectivity index (χ0v) is 10.9. The average Bonchev–Trinajstić information content (AvgIpc) is 2.71. The van der Waals surface area contributed by atoms with Crippen LogP contribution in [0.15, 0.2) is 0 Å². The smallest absolute Gasteiger partial charge is 0.274 e. The van der Waals surface area contributed by atoms with Gasteiger partial charge in [0.05, 0.1) is 18.0 Å². The summed E-state index contributed by atoms with van der Waals surface area (Å²) in [5.74, 6) is -0.925. The van der Waals surface area contributed by atoms with E-state index in [0.717, 1.165) is 18.5 Å². The first kappa shape index (κ1) is 15.0. The van der Waals surface area contributed by atoms with Crippen molar-refractivity contribution >= 4 is 17.5 Å². The number of carbonyl (C=O) groups is 2. The summed E-state index contributed by atoms with van der Waals surface area (Å²) >= 11 is 0. The Morgan fingerprint density at radius 2 is 2.21 bits per heavy atom. The molecule has 0 aromatic carbocycles. The molecule has 0 saturated carbocycles. The lowest BCUT2D eigenvalue weighted by molar-refractivity contribution is -0.122. The van der Waals surface area contributed by atoms with Crippen molar-refractivity contribution in [3.05, 3.63) is 11.4 Å². The van der Waals surface area contributed by atoms with Crippen LogP contribution < -0.4 is 16.8 Å². The molecule has 1 aromatic rings. The van der Waals surface area contributed by atoms with Crippen molar-refractivity contribution in [1.29, 1.82) is 0 Å². The molecule has 0 aliphatic carbocycles. The highest BCUT2D eigenvalue weighted by Gasteiger charge is 2.16. The van der Waals surface area contributed by atoms with Gasteiger partial charge in [-0.2, -0.15) is 5.10 Å². The standard InChI is InChI=1S/C11H19N5O3/c1-2-3-7-9(13)10(16-15-7)11(18)14-4-5-19-6-8(12)17/h2-6,13H2,1H3,(H2,12,17)(H,14,18)(H,15,16). The number of hydrogen-bond acceptors (Lipinski definition) is 5. The van der Waals surface area contributed by atoms with Gasteiger partial charge in [-0.3, -0.25) is 14.7 Å². The molecule has 0 unspecified atom stereocenters. The van der Waals surface area contributed by atoms with Crippen LogP contribution in [0.1, 0.15) is 29.5 Å². The number of nitrogens with two attached hydrogens (primary N) is 2. The minimum Gasteiger partial charge on any atom is -0.395 e. The van der Waals surface area contributed by atoms with Crippen molar-refractivity contribution in [1.82, 2.24) is 15.5 Å². The molecule has 0 spiro atoms. The van der Waals surface area contributed by atoms with Gasteiger partial charge in [-0.05, 0) is 6.42 Å². The van der Waals surface area contributed by atoms with Gasteiger partial charge in [-0.25, -0.2) is 0 Å². The van der Waals surface area contributed by atoms with Gasteiger partial charge >= 0.3 is 0 Å². The summed E-state index contributed by atoms with van der Waals surface area (Å²) in [5.41, 5.74) is 12.0. The second-order valence-corrected chi connectivity index (χ2v) is 3.99. The first-order valence-corrected chi connectivity index (χ1v) is 6.03. The number of ether oxygens (including phenoxy) is 1. The molecule has 0 fully saturated rings. The molecule has 106 valence electrons. The van der Waals surface area contributed by atoms with E-state index in [9.17, 15) is 9.59 Å².